The van der Waals surface area contributed by atoms with Crippen LogP contribution in [0.3, 0.4) is 0 Å². The number of hydrogen-bond donors (Lipinski definition) is 1. The third kappa shape index (κ3) is 4.48. The van der Waals surface area contributed by atoms with Crippen LogP contribution >= 0.6 is 0 Å². The number of rotatable bonds is 4. The lowest BCUT2D eigenvalue weighted by Crippen LogP contribution is -2.36. The van der Waals surface area contributed by atoms with Gasteiger partial charge in [0.2, 0.25) is 0 Å². The van der Waals surface area contributed by atoms with Crippen LogP contribution < -0.4 is 5.32 Å². The Balaban J connectivity index is 1.46. The lowest BCUT2D eigenvalue weighted by atomic mass is 9.98. The molecular formula is C25H22N2O4. The zero-order valence-electron chi connectivity index (χ0n) is 17.1. The molecule has 6 heteroatoms. The summed E-state index contributed by atoms with van der Waals surface area (Å²) in [7, 11) is 1.31. The SMILES string of the molecule is COC(=O)c1ccc(C(=O)Nc2ccc3c(c2)CN(C(=O)c2ccccc2)CC3)cc1. The van der Waals surface area contributed by atoms with Crippen LogP contribution in [-0.2, 0) is 17.7 Å². The van der Waals surface area contributed by atoms with Crippen molar-refractivity contribution in [3.63, 3.8) is 0 Å². The van der Waals surface area contributed by atoms with Gasteiger partial charge in [-0.05, 0) is 66.1 Å². The van der Waals surface area contributed by atoms with E-state index in [0.717, 1.165) is 12.0 Å². The van der Waals surface area contributed by atoms with Crippen molar-refractivity contribution in [2.24, 2.45) is 0 Å². The van der Waals surface area contributed by atoms with E-state index in [4.69, 9.17) is 0 Å². The highest BCUT2D eigenvalue weighted by Crippen LogP contribution is 2.24. The van der Waals surface area contributed by atoms with Crippen LogP contribution in [0.2, 0.25) is 0 Å². The number of benzene rings is 3. The van der Waals surface area contributed by atoms with Crippen molar-refractivity contribution in [3.8, 4) is 0 Å². The molecule has 0 fully saturated rings. The molecule has 6 nitrogen and oxygen atoms in total. The van der Waals surface area contributed by atoms with Crippen molar-refractivity contribution >= 4 is 23.5 Å². The van der Waals surface area contributed by atoms with Gasteiger partial charge in [0.25, 0.3) is 11.8 Å². The van der Waals surface area contributed by atoms with Gasteiger partial charge < -0.3 is 15.0 Å². The van der Waals surface area contributed by atoms with Crippen LogP contribution in [0.25, 0.3) is 0 Å². The first kappa shape index (κ1) is 20.3. The van der Waals surface area contributed by atoms with Gasteiger partial charge in [0.1, 0.15) is 0 Å². The monoisotopic (exact) mass is 414 g/mol. The number of fused-ring (bicyclic) bond motifs is 1. The maximum atomic E-state index is 12.8. The van der Waals surface area contributed by atoms with Gasteiger partial charge in [0.15, 0.2) is 0 Å². The molecule has 0 unspecified atom stereocenters. The van der Waals surface area contributed by atoms with Gasteiger partial charge in [0.05, 0.1) is 12.7 Å². The largest absolute Gasteiger partial charge is 0.465 e. The first-order valence-electron chi connectivity index (χ1n) is 10.0. The van der Waals surface area contributed by atoms with Gasteiger partial charge in [-0.15, -0.1) is 0 Å². The van der Waals surface area contributed by atoms with Crippen molar-refractivity contribution in [1.29, 1.82) is 0 Å². The molecule has 1 aliphatic rings. The fourth-order valence-corrected chi connectivity index (χ4v) is 3.65. The van der Waals surface area contributed by atoms with Gasteiger partial charge in [-0.1, -0.05) is 24.3 Å². The molecule has 2 amide bonds. The Morgan fingerprint density at radius 3 is 2.26 bits per heavy atom. The maximum Gasteiger partial charge on any atom is 0.337 e. The van der Waals surface area contributed by atoms with E-state index in [1.807, 2.05) is 53.4 Å². The fraction of sp³-hybridized carbons (Fsp3) is 0.160. The van der Waals surface area contributed by atoms with Crippen LogP contribution in [-0.4, -0.2) is 36.3 Å². The Bertz CT molecular complexity index is 1120. The van der Waals surface area contributed by atoms with Crippen LogP contribution in [0.5, 0.6) is 0 Å². The Morgan fingerprint density at radius 2 is 1.55 bits per heavy atom. The van der Waals surface area contributed by atoms with Crippen LogP contribution in [0, 0.1) is 0 Å². The van der Waals surface area contributed by atoms with E-state index < -0.39 is 5.97 Å². The van der Waals surface area contributed by atoms with Gasteiger partial charge >= 0.3 is 5.97 Å². The summed E-state index contributed by atoms with van der Waals surface area (Å²) in [5.74, 6) is -0.716. The molecule has 4 rings (SSSR count). The molecule has 0 aromatic heterocycles. The highest BCUT2D eigenvalue weighted by Gasteiger charge is 2.22. The number of esters is 1. The lowest BCUT2D eigenvalue weighted by Gasteiger charge is -2.29. The zero-order valence-corrected chi connectivity index (χ0v) is 17.1. The Morgan fingerprint density at radius 1 is 0.839 bits per heavy atom. The summed E-state index contributed by atoms with van der Waals surface area (Å²) in [4.78, 5) is 38.7. The molecule has 0 spiro atoms. The van der Waals surface area contributed by atoms with E-state index in [-0.39, 0.29) is 11.8 Å². The summed E-state index contributed by atoms with van der Waals surface area (Å²) >= 11 is 0. The number of amides is 2. The minimum absolute atomic E-state index is 0.00591. The highest BCUT2D eigenvalue weighted by atomic mass is 16.5. The molecule has 0 aliphatic carbocycles. The first-order valence-corrected chi connectivity index (χ1v) is 10.0. The molecule has 0 radical (unpaired) electrons. The second-order valence-electron chi connectivity index (χ2n) is 7.35. The zero-order chi connectivity index (χ0) is 21.8. The number of anilines is 1. The first-order chi connectivity index (χ1) is 15.0. The van der Waals surface area contributed by atoms with Gasteiger partial charge in [-0.3, -0.25) is 9.59 Å². The smallest absolute Gasteiger partial charge is 0.337 e. The van der Waals surface area contributed by atoms with E-state index in [0.29, 0.717) is 35.5 Å². The minimum Gasteiger partial charge on any atom is -0.465 e. The average molecular weight is 414 g/mol. The summed E-state index contributed by atoms with van der Waals surface area (Å²) < 4.78 is 4.67. The number of nitrogens with one attached hydrogen (secondary N) is 1. The number of methoxy groups -OCH3 is 1. The van der Waals surface area contributed by atoms with E-state index in [9.17, 15) is 14.4 Å². The molecule has 1 heterocycles. The molecule has 0 bridgehead atoms. The summed E-state index contributed by atoms with van der Waals surface area (Å²) in [6.45, 7) is 1.17. The Hall–Kier alpha value is -3.93. The van der Waals surface area contributed by atoms with E-state index in [2.05, 4.69) is 10.1 Å². The molecule has 0 atom stereocenters. The molecule has 0 saturated heterocycles. The molecule has 31 heavy (non-hydrogen) atoms. The molecular weight excluding hydrogens is 392 g/mol. The van der Waals surface area contributed by atoms with Crippen LogP contribution in [0.15, 0.2) is 72.8 Å². The van der Waals surface area contributed by atoms with Crippen LogP contribution in [0.1, 0.15) is 42.2 Å². The Kier molecular flexibility index (Phi) is 5.80. The normalized spacial score (nSPS) is 12.6. The predicted octanol–water partition coefficient (Wildman–Crippen LogP) is 3.92. The fourth-order valence-electron chi connectivity index (χ4n) is 3.65. The number of hydrogen-bond acceptors (Lipinski definition) is 4. The van der Waals surface area contributed by atoms with E-state index in [1.54, 1.807) is 24.3 Å². The van der Waals surface area contributed by atoms with Crippen molar-refractivity contribution in [1.82, 2.24) is 4.90 Å². The second-order valence-corrected chi connectivity index (χ2v) is 7.35. The third-order valence-corrected chi connectivity index (χ3v) is 5.35. The summed E-state index contributed by atoms with van der Waals surface area (Å²) in [5.41, 5.74) is 4.36. The van der Waals surface area contributed by atoms with E-state index >= 15 is 0 Å². The summed E-state index contributed by atoms with van der Waals surface area (Å²) in [5, 5.41) is 2.89. The molecule has 156 valence electrons. The van der Waals surface area contributed by atoms with Crippen molar-refractivity contribution in [2.75, 3.05) is 19.0 Å². The number of carbonyl (C=O) groups excluding carboxylic acids is 3. The van der Waals surface area contributed by atoms with Gasteiger partial charge in [0, 0.05) is 29.9 Å². The molecule has 3 aromatic carbocycles. The minimum atomic E-state index is -0.448. The lowest BCUT2D eigenvalue weighted by molar-refractivity contribution is 0.0600. The molecule has 0 saturated carbocycles. The number of ether oxygens (including phenoxy) is 1. The second kappa shape index (κ2) is 8.83. The highest BCUT2D eigenvalue weighted by molar-refractivity contribution is 6.05. The summed E-state index contributed by atoms with van der Waals surface area (Å²) in [6.07, 6.45) is 0.775. The maximum absolute atomic E-state index is 12.8. The van der Waals surface area contributed by atoms with Gasteiger partial charge in [-0.2, -0.15) is 0 Å². The summed E-state index contributed by atoms with van der Waals surface area (Å²) in [6, 6.07) is 21.3. The van der Waals surface area contributed by atoms with Crippen molar-refractivity contribution < 1.29 is 19.1 Å². The number of carbonyl (C=O) groups is 3. The quantitative estimate of drug-likeness (QED) is 0.657. The predicted molar refractivity (Wildman–Crippen MR) is 117 cm³/mol. The number of nitrogens with zero attached hydrogens (tertiary/aromatic N) is 1. The molecule has 1 aliphatic heterocycles. The van der Waals surface area contributed by atoms with Crippen LogP contribution in [0.4, 0.5) is 5.69 Å². The van der Waals surface area contributed by atoms with Gasteiger partial charge in [-0.25, -0.2) is 4.79 Å². The van der Waals surface area contributed by atoms with Crippen molar-refractivity contribution in [3.05, 3.63) is 101 Å². The third-order valence-electron chi connectivity index (χ3n) is 5.35. The molecule has 1 N–H and O–H groups in total. The average Bonchev–Trinajstić information content (AvgIpc) is 2.83. The molecule has 3 aromatic rings. The Labute approximate surface area is 180 Å². The van der Waals surface area contributed by atoms with Crippen molar-refractivity contribution in [2.45, 2.75) is 13.0 Å². The van der Waals surface area contributed by atoms with E-state index in [1.165, 1.54) is 12.7 Å². The standard InChI is InChI=1S/C25H22N2O4/c1-31-25(30)20-9-7-18(8-10-20)23(28)26-22-12-11-17-13-14-27(16-21(17)15-22)24(29)19-5-3-2-4-6-19/h2-12,15H,13-14,16H2,1H3,(H,26,28). The topological polar surface area (TPSA) is 75.7 Å².